The van der Waals surface area contributed by atoms with Crippen molar-refractivity contribution in [1.29, 1.82) is 0 Å². The van der Waals surface area contributed by atoms with Crippen molar-refractivity contribution >= 4 is 22.7 Å². The monoisotopic (exact) mass is 357 g/mol. The first kappa shape index (κ1) is 16.9. The number of rotatable bonds is 6. The summed E-state index contributed by atoms with van der Waals surface area (Å²) in [7, 11) is 2.93. The first-order valence-electron chi connectivity index (χ1n) is 7.43. The largest absolute Gasteiger partial charge is 0.497 e. The molecule has 7 heteroatoms. The predicted octanol–water partition coefficient (Wildman–Crippen LogP) is 4.41. The molecular formula is C18H16FN3O2S. The van der Waals surface area contributed by atoms with E-state index in [4.69, 9.17) is 9.47 Å². The van der Waals surface area contributed by atoms with Gasteiger partial charge in [0.25, 0.3) is 0 Å². The summed E-state index contributed by atoms with van der Waals surface area (Å²) >= 11 is 1.42. The molecule has 0 fully saturated rings. The summed E-state index contributed by atoms with van der Waals surface area (Å²) in [6, 6.07) is 12.7. The molecule has 0 bridgehead atoms. The van der Waals surface area contributed by atoms with Crippen molar-refractivity contribution in [1.82, 2.24) is 4.98 Å². The van der Waals surface area contributed by atoms with Gasteiger partial charge in [0.15, 0.2) is 0 Å². The van der Waals surface area contributed by atoms with Gasteiger partial charge in [-0.25, -0.2) is 9.37 Å². The van der Waals surface area contributed by atoms with Crippen LogP contribution in [0.1, 0.15) is 5.56 Å². The van der Waals surface area contributed by atoms with Crippen LogP contribution in [0.4, 0.5) is 9.52 Å². The first-order valence-corrected chi connectivity index (χ1v) is 8.30. The fourth-order valence-corrected chi connectivity index (χ4v) is 2.87. The molecule has 128 valence electrons. The van der Waals surface area contributed by atoms with Gasteiger partial charge in [0, 0.05) is 23.1 Å². The highest BCUT2D eigenvalue weighted by molar-refractivity contribution is 7.14. The van der Waals surface area contributed by atoms with Gasteiger partial charge in [0.2, 0.25) is 5.13 Å². The minimum atomic E-state index is -0.481. The zero-order chi connectivity index (χ0) is 17.6. The van der Waals surface area contributed by atoms with Gasteiger partial charge in [-0.3, -0.25) is 5.43 Å². The molecule has 0 atom stereocenters. The standard InChI is InChI=1S/C18H16FN3O2S/c1-23-13-8-15(19)14(17(9-13)24-2)10-20-22-18-21-16(11-25-18)12-6-4-3-5-7-12/h3-11H,1-2H3,(H,21,22). The maximum absolute atomic E-state index is 14.1. The fourth-order valence-electron chi connectivity index (χ4n) is 2.20. The van der Waals surface area contributed by atoms with Crippen LogP contribution in [-0.4, -0.2) is 25.4 Å². The minimum absolute atomic E-state index is 0.232. The molecule has 3 aromatic rings. The Bertz CT molecular complexity index is 881. The Labute approximate surface area is 148 Å². The van der Waals surface area contributed by atoms with E-state index in [9.17, 15) is 4.39 Å². The summed E-state index contributed by atoms with van der Waals surface area (Å²) < 4.78 is 24.3. The Morgan fingerprint density at radius 2 is 1.96 bits per heavy atom. The summed E-state index contributed by atoms with van der Waals surface area (Å²) in [5.74, 6) is 0.240. The number of anilines is 1. The topological polar surface area (TPSA) is 55.7 Å². The van der Waals surface area contributed by atoms with Crippen molar-refractivity contribution in [2.45, 2.75) is 0 Å². The second-order valence-corrected chi connectivity index (χ2v) is 5.86. The number of methoxy groups -OCH3 is 2. The lowest BCUT2D eigenvalue weighted by Gasteiger charge is -2.08. The van der Waals surface area contributed by atoms with Crippen molar-refractivity contribution in [2.75, 3.05) is 19.6 Å². The SMILES string of the molecule is COc1cc(F)c(C=NNc2nc(-c3ccccc3)cs2)c(OC)c1. The second kappa shape index (κ2) is 7.76. The van der Waals surface area contributed by atoms with Crippen LogP contribution < -0.4 is 14.9 Å². The number of hydrogen-bond acceptors (Lipinski definition) is 6. The average Bonchev–Trinajstić information content (AvgIpc) is 3.12. The molecule has 3 rings (SSSR count). The van der Waals surface area contributed by atoms with Crippen molar-refractivity contribution in [3.05, 3.63) is 59.2 Å². The number of aromatic nitrogens is 1. The number of hydrazone groups is 1. The Morgan fingerprint density at radius 3 is 2.68 bits per heavy atom. The van der Waals surface area contributed by atoms with E-state index in [1.165, 1.54) is 37.8 Å². The number of ether oxygens (including phenoxy) is 2. The molecular weight excluding hydrogens is 341 g/mol. The van der Waals surface area contributed by atoms with Crippen molar-refractivity contribution in [2.24, 2.45) is 5.10 Å². The maximum Gasteiger partial charge on any atom is 0.203 e. The van der Waals surface area contributed by atoms with Gasteiger partial charge in [-0.05, 0) is 0 Å². The Kier molecular flexibility index (Phi) is 5.25. The zero-order valence-corrected chi connectivity index (χ0v) is 14.5. The number of hydrogen-bond donors (Lipinski definition) is 1. The smallest absolute Gasteiger partial charge is 0.203 e. The second-order valence-electron chi connectivity index (χ2n) is 5.00. The third kappa shape index (κ3) is 3.95. The summed E-state index contributed by atoms with van der Waals surface area (Å²) in [5.41, 5.74) is 4.93. The molecule has 0 aliphatic carbocycles. The Morgan fingerprint density at radius 1 is 1.16 bits per heavy atom. The molecule has 0 saturated carbocycles. The number of nitrogens with one attached hydrogen (secondary N) is 1. The number of benzene rings is 2. The van der Waals surface area contributed by atoms with E-state index in [2.05, 4.69) is 15.5 Å². The van der Waals surface area contributed by atoms with Crippen LogP contribution >= 0.6 is 11.3 Å². The van der Waals surface area contributed by atoms with E-state index in [0.717, 1.165) is 11.3 Å². The van der Waals surface area contributed by atoms with Gasteiger partial charge in [-0.2, -0.15) is 5.10 Å². The van der Waals surface area contributed by atoms with Gasteiger partial charge in [0.1, 0.15) is 17.3 Å². The molecule has 0 spiro atoms. The van der Waals surface area contributed by atoms with Crippen LogP contribution in [0.25, 0.3) is 11.3 Å². The fraction of sp³-hybridized carbons (Fsp3) is 0.111. The highest BCUT2D eigenvalue weighted by Crippen LogP contribution is 2.27. The lowest BCUT2D eigenvalue weighted by molar-refractivity contribution is 0.388. The summed E-state index contributed by atoms with van der Waals surface area (Å²) in [4.78, 5) is 4.45. The summed E-state index contributed by atoms with van der Waals surface area (Å²) in [6.07, 6.45) is 1.36. The summed E-state index contributed by atoms with van der Waals surface area (Å²) in [5, 5.41) is 6.60. The van der Waals surface area contributed by atoms with E-state index in [1.807, 2.05) is 35.7 Å². The molecule has 0 aliphatic rings. The molecule has 0 saturated heterocycles. The quantitative estimate of drug-likeness (QED) is 0.524. The average molecular weight is 357 g/mol. The molecule has 0 unspecified atom stereocenters. The van der Waals surface area contributed by atoms with Crippen LogP contribution in [0.15, 0.2) is 52.9 Å². The molecule has 2 aromatic carbocycles. The van der Waals surface area contributed by atoms with Crippen molar-refractivity contribution in [3.8, 4) is 22.8 Å². The minimum Gasteiger partial charge on any atom is -0.497 e. The van der Waals surface area contributed by atoms with E-state index in [0.29, 0.717) is 16.6 Å². The zero-order valence-electron chi connectivity index (χ0n) is 13.7. The van der Waals surface area contributed by atoms with Gasteiger partial charge >= 0.3 is 0 Å². The normalized spacial score (nSPS) is 10.8. The van der Waals surface area contributed by atoms with Crippen LogP contribution in [0.2, 0.25) is 0 Å². The van der Waals surface area contributed by atoms with E-state index >= 15 is 0 Å². The molecule has 0 aliphatic heterocycles. The molecule has 5 nitrogen and oxygen atoms in total. The Hall–Kier alpha value is -2.93. The molecule has 0 radical (unpaired) electrons. The molecule has 1 N–H and O–H groups in total. The molecule has 25 heavy (non-hydrogen) atoms. The van der Waals surface area contributed by atoms with Crippen LogP contribution in [0.3, 0.4) is 0 Å². The number of thiazole rings is 1. The maximum atomic E-state index is 14.1. The first-order chi connectivity index (χ1) is 12.2. The lowest BCUT2D eigenvalue weighted by atomic mass is 10.2. The number of nitrogens with zero attached hydrogens (tertiary/aromatic N) is 2. The van der Waals surface area contributed by atoms with Crippen molar-refractivity contribution in [3.63, 3.8) is 0 Å². The number of halogens is 1. The van der Waals surface area contributed by atoms with Crippen LogP contribution in [0, 0.1) is 5.82 Å². The van der Waals surface area contributed by atoms with Gasteiger partial charge in [0.05, 0.1) is 31.7 Å². The third-order valence-electron chi connectivity index (χ3n) is 3.45. The van der Waals surface area contributed by atoms with E-state index in [-0.39, 0.29) is 5.56 Å². The summed E-state index contributed by atoms with van der Waals surface area (Å²) in [6.45, 7) is 0. The predicted molar refractivity (Wildman–Crippen MR) is 98.3 cm³/mol. The molecule has 1 heterocycles. The van der Waals surface area contributed by atoms with Gasteiger partial charge in [-0.1, -0.05) is 30.3 Å². The van der Waals surface area contributed by atoms with E-state index < -0.39 is 5.82 Å². The highest BCUT2D eigenvalue weighted by atomic mass is 32.1. The molecule has 1 aromatic heterocycles. The Balaban J connectivity index is 1.75. The van der Waals surface area contributed by atoms with Gasteiger partial charge < -0.3 is 9.47 Å². The highest BCUT2D eigenvalue weighted by Gasteiger charge is 2.10. The van der Waals surface area contributed by atoms with Gasteiger partial charge in [-0.15, -0.1) is 11.3 Å². The third-order valence-corrected chi connectivity index (χ3v) is 4.20. The van der Waals surface area contributed by atoms with E-state index in [1.54, 1.807) is 6.07 Å². The van der Waals surface area contributed by atoms with Crippen molar-refractivity contribution < 1.29 is 13.9 Å². The lowest BCUT2D eigenvalue weighted by Crippen LogP contribution is -1.98. The van der Waals surface area contributed by atoms with Crippen LogP contribution in [0.5, 0.6) is 11.5 Å². The molecule has 0 amide bonds. The van der Waals surface area contributed by atoms with Crippen LogP contribution in [-0.2, 0) is 0 Å².